The Balaban J connectivity index is 1.61. The highest BCUT2D eigenvalue weighted by atomic mass is 32.1. The van der Waals surface area contributed by atoms with Gasteiger partial charge in [0.2, 0.25) is 0 Å². The van der Waals surface area contributed by atoms with Crippen molar-refractivity contribution in [1.29, 1.82) is 0 Å². The number of ether oxygens (including phenoxy) is 1. The number of pyridine rings is 1. The third kappa shape index (κ3) is 4.55. The summed E-state index contributed by atoms with van der Waals surface area (Å²) in [5.74, 6) is 0.828. The van der Waals surface area contributed by atoms with Gasteiger partial charge >= 0.3 is 0 Å². The Bertz CT molecular complexity index is 733. The van der Waals surface area contributed by atoms with Crippen molar-refractivity contribution in [2.45, 2.75) is 32.7 Å². The SMILES string of the molecule is CC(C)(C)c1ncc(C(=O)NCc2cccc(N3CCOCC3)n2)s1. The van der Waals surface area contributed by atoms with E-state index in [0.717, 1.165) is 42.8 Å². The monoisotopic (exact) mass is 360 g/mol. The Morgan fingerprint density at radius 2 is 2.08 bits per heavy atom. The van der Waals surface area contributed by atoms with E-state index in [0.29, 0.717) is 11.4 Å². The van der Waals surface area contributed by atoms with E-state index in [-0.39, 0.29) is 11.3 Å². The second kappa shape index (κ2) is 7.49. The van der Waals surface area contributed by atoms with Crippen LogP contribution in [0.5, 0.6) is 0 Å². The molecule has 3 rings (SSSR count). The Morgan fingerprint density at radius 3 is 2.76 bits per heavy atom. The topological polar surface area (TPSA) is 67.4 Å². The third-order valence-corrected chi connectivity index (χ3v) is 5.35. The molecule has 0 spiro atoms. The number of morpholine rings is 1. The van der Waals surface area contributed by atoms with Crippen molar-refractivity contribution in [3.8, 4) is 0 Å². The molecule has 0 atom stereocenters. The summed E-state index contributed by atoms with van der Waals surface area (Å²) < 4.78 is 5.37. The number of rotatable bonds is 4. The number of nitrogens with zero attached hydrogens (tertiary/aromatic N) is 3. The van der Waals surface area contributed by atoms with Crippen molar-refractivity contribution < 1.29 is 9.53 Å². The molecule has 7 heteroatoms. The maximum absolute atomic E-state index is 12.3. The van der Waals surface area contributed by atoms with E-state index < -0.39 is 0 Å². The molecular formula is C18H24N4O2S. The summed E-state index contributed by atoms with van der Waals surface area (Å²) in [6, 6.07) is 5.90. The Kier molecular flexibility index (Phi) is 5.34. The first-order valence-corrected chi connectivity index (χ1v) is 9.28. The maximum atomic E-state index is 12.3. The molecular weight excluding hydrogens is 336 g/mol. The number of hydrogen-bond donors (Lipinski definition) is 1. The van der Waals surface area contributed by atoms with Crippen LogP contribution in [-0.4, -0.2) is 42.2 Å². The quantitative estimate of drug-likeness (QED) is 0.908. The minimum absolute atomic E-state index is 0.0444. The molecule has 0 unspecified atom stereocenters. The van der Waals surface area contributed by atoms with E-state index in [1.807, 2.05) is 18.2 Å². The highest BCUT2D eigenvalue weighted by Crippen LogP contribution is 2.26. The van der Waals surface area contributed by atoms with Gasteiger partial charge in [-0.15, -0.1) is 11.3 Å². The normalized spacial score (nSPS) is 15.2. The Hall–Kier alpha value is -1.99. The number of amides is 1. The lowest BCUT2D eigenvalue weighted by molar-refractivity contribution is 0.0954. The Morgan fingerprint density at radius 1 is 1.32 bits per heavy atom. The van der Waals surface area contributed by atoms with Crippen LogP contribution in [0.3, 0.4) is 0 Å². The molecule has 0 aromatic carbocycles. The van der Waals surface area contributed by atoms with Gasteiger partial charge in [-0.05, 0) is 12.1 Å². The van der Waals surface area contributed by atoms with Crippen LogP contribution >= 0.6 is 11.3 Å². The molecule has 2 aromatic heterocycles. The van der Waals surface area contributed by atoms with Crippen molar-refractivity contribution in [2.24, 2.45) is 0 Å². The van der Waals surface area contributed by atoms with E-state index in [4.69, 9.17) is 4.74 Å². The second-order valence-electron chi connectivity index (χ2n) is 7.05. The van der Waals surface area contributed by atoms with Gasteiger partial charge in [-0.1, -0.05) is 26.8 Å². The fourth-order valence-electron chi connectivity index (χ4n) is 2.52. The highest BCUT2D eigenvalue weighted by molar-refractivity contribution is 7.13. The summed E-state index contributed by atoms with van der Waals surface area (Å²) in [5.41, 5.74) is 0.801. The van der Waals surface area contributed by atoms with Crippen molar-refractivity contribution in [1.82, 2.24) is 15.3 Å². The van der Waals surface area contributed by atoms with E-state index in [9.17, 15) is 4.79 Å². The van der Waals surface area contributed by atoms with Crippen molar-refractivity contribution in [3.63, 3.8) is 0 Å². The first-order chi connectivity index (χ1) is 11.9. The van der Waals surface area contributed by atoms with Gasteiger partial charge in [0.1, 0.15) is 10.7 Å². The molecule has 3 heterocycles. The van der Waals surface area contributed by atoms with Gasteiger partial charge in [-0.2, -0.15) is 0 Å². The number of carbonyl (C=O) groups excluding carboxylic acids is 1. The molecule has 0 bridgehead atoms. The molecule has 1 amide bonds. The number of nitrogens with one attached hydrogen (secondary N) is 1. The van der Waals surface area contributed by atoms with Crippen LogP contribution in [0.25, 0.3) is 0 Å². The molecule has 1 aliphatic rings. The van der Waals surface area contributed by atoms with E-state index in [1.165, 1.54) is 11.3 Å². The van der Waals surface area contributed by atoms with Crippen molar-refractivity contribution in [2.75, 3.05) is 31.2 Å². The molecule has 1 fully saturated rings. The van der Waals surface area contributed by atoms with Crippen LogP contribution in [0.15, 0.2) is 24.4 Å². The number of carbonyl (C=O) groups is 1. The molecule has 1 aliphatic heterocycles. The van der Waals surface area contributed by atoms with E-state index >= 15 is 0 Å². The predicted molar refractivity (Wildman–Crippen MR) is 99.3 cm³/mol. The zero-order valence-corrected chi connectivity index (χ0v) is 15.7. The fourth-order valence-corrected chi connectivity index (χ4v) is 3.41. The van der Waals surface area contributed by atoms with Gasteiger partial charge < -0.3 is 15.0 Å². The smallest absolute Gasteiger partial charge is 0.263 e. The third-order valence-electron chi connectivity index (χ3n) is 3.93. The van der Waals surface area contributed by atoms with Gasteiger partial charge in [-0.3, -0.25) is 4.79 Å². The molecule has 1 N–H and O–H groups in total. The first kappa shape index (κ1) is 17.8. The number of hydrogen-bond acceptors (Lipinski definition) is 6. The van der Waals surface area contributed by atoms with Crippen LogP contribution in [0.2, 0.25) is 0 Å². The van der Waals surface area contributed by atoms with Crippen LogP contribution < -0.4 is 10.2 Å². The number of aromatic nitrogens is 2. The molecule has 2 aromatic rings. The van der Waals surface area contributed by atoms with Crippen molar-refractivity contribution >= 4 is 23.1 Å². The van der Waals surface area contributed by atoms with Crippen molar-refractivity contribution in [3.05, 3.63) is 40.0 Å². The lowest BCUT2D eigenvalue weighted by Crippen LogP contribution is -2.37. The molecule has 6 nitrogen and oxygen atoms in total. The van der Waals surface area contributed by atoms with Gasteiger partial charge in [0, 0.05) is 18.5 Å². The minimum atomic E-state index is -0.105. The number of anilines is 1. The summed E-state index contributed by atoms with van der Waals surface area (Å²) in [4.78, 5) is 24.2. The van der Waals surface area contributed by atoms with E-state index in [2.05, 4.69) is 41.0 Å². The van der Waals surface area contributed by atoms with Gasteiger partial charge in [-0.25, -0.2) is 9.97 Å². The minimum Gasteiger partial charge on any atom is -0.378 e. The summed E-state index contributed by atoms with van der Waals surface area (Å²) in [6.07, 6.45) is 1.65. The Labute approximate surface area is 152 Å². The highest BCUT2D eigenvalue weighted by Gasteiger charge is 2.20. The van der Waals surface area contributed by atoms with Crippen LogP contribution in [0.1, 0.15) is 41.1 Å². The van der Waals surface area contributed by atoms with Gasteiger partial charge in [0.05, 0.1) is 36.7 Å². The van der Waals surface area contributed by atoms with Crippen LogP contribution in [0.4, 0.5) is 5.82 Å². The first-order valence-electron chi connectivity index (χ1n) is 8.46. The maximum Gasteiger partial charge on any atom is 0.263 e. The zero-order chi connectivity index (χ0) is 17.9. The summed E-state index contributed by atoms with van der Waals surface area (Å²) in [5, 5.41) is 3.90. The average Bonchev–Trinajstić information content (AvgIpc) is 3.11. The predicted octanol–water partition coefficient (Wildman–Crippen LogP) is 2.60. The second-order valence-corrected chi connectivity index (χ2v) is 8.08. The summed E-state index contributed by atoms with van der Waals surface area (Å²) in [6.45, 7) is 9.82. The molecule has 0 saturated carbocycles. The number of thiazole rings is 1. The molecule has 1 saturated heterocycles. The van der Waals surface area contributed by atoms with Gasteiger partial charge in [0.25, 0.3) is 5.91 Å². The van der Waals surface area contributed by atoms with Crippen LogP contribution in [-0.2, 0) is 16.7 Å². The zero-order valence-electron chi connectivity index (χ0n) is 14.9. The lowest BCUT2D eigenvalue weighted by atomic mass is 9.98. The molecule has 134 valence electrons. The van der Waals surface area contributed by atoms with Gasteiger partial charge in [0.15, 0.2) is 0 Å². The summed E-state index contributed by atoms with van der Waals surface area (Å²) in [7, 11) is 0. The standard InChI is InChI=1S/C18H24N4O2S/c1-18(2,3)17-20-12-14(25-17)16(23)19-11-13-5-4-6-15(21-13)22-7-9-24-10-8-22/h4-6,12H,7-11H2,1-3H3,(H,19,23). The molecule has 25 heavy (non-hydrogen) atoms. The molecule has 0 aliphatic carbocycles. The molecule has 0 radical (unpaired) electrons. The summed E-state index contributed by atoms with van der Waals surface area (Å²) >= 11 is 1.44. The van der Waals surface area contributed by atoms with Crippen LogP contribution in [0, 0.1) is 0 Å². The largest absolute Gasteiger partial charge is 0.378 e. The average molecular weight is 360 g/mol. The fraction of sp³-hybridized carbons (Fsp3) is 0.500. The lowest BCUT2D eigenvalue weighted by Gasteiger charge is -2.28. The van der Waals surface area contributed by atoms with E-state index in [1.54, 1.807) is 6.20 Å².